The maximum Gasteiger partial charge on any atom is 0.270 e. The Morgan fingerprint density at radius 2 is 1.96 bits per heavy atom. The molecule has 1 aromatic heterocycles. The van der Waals surface area contributed by atoms with Gasteiger partial charge in [0.1, 0.15) is 5.69 Å². The molecule has 1 saturated heterocycles. The SMILES string of the molecule is CC(=O)N1CCC[C@H](NC(=O)c2ccc(C)cn2)[C@@H]1Cc1ccccc1. The molecule has 1 aliphatic heterocycles. The maximum atomic E-state index is 12.6. The molecule has 5 heteroatoms. The van der Waals surface area contributed by atoms with Crippen LogP contribution in [0.3, 0.4) is 0 Å². The molecule has 1 aromatic carbocycles. The number of pyridine rings is 1. The summed E-state index contributed by atoms with van der Waals surface area (Å²) in [5.74, 6) is -0.128. The van der Waals surface area contributed by atoms with Crippen LogP contribution in [0.4, 0.5) is 0 Å². The van der Waals surface area contributed by atoms with Gasteiger partial charge in [-0.25, -0.2) is 0 Å². The first-order chi connectivity index (χ1) is 12.5. The zero-order valence-electron chi connectivity index (χ0n) is 15.3. The molecule has 136 valence electrons. The van der Waals surface area contributed by atoms with Crippen LogP contribution < -0.4 is 5.32 Å². The average Bonchev–Trinajstić information content (AvgIpc) is 2.64. The molecule has 0 aliphatic carbocycles. The standard InChI is InChI=1S/C21H25N3O2/c1-15-10-11-19(22-14-15)21(26)23-18-9-6-12-24(16(2)25)20(18)13-17-7-4-3-5-8-17/h3-5,7-8,10-11,14,18,20H,6,9,12-13H2,1-2H3,(H,23,26)/t18-,20-/m0/s1. The van der Waals surface area contributed by atoms with E-state index in [1.807, 2.05) is 36.1 Å². The van der Waals surface area contributed by atoms with Crippen LogP contribution in [-0.4, -0.2) is 40.3 Å². The highest BCUT2D eigenvalue weighted by Crippen LogP contribution is 2.22. The summed E-state index contributed by atoms with van der Waals surface area (Å²) in [6.07, 6.45) is 4.17. The van der Waals surface area contributed by atoms with Crippen LogP contribution in [0.1, 0.15) is 41.4 Å². The van der Waals surface area contributed by atoms with Gasteiger partial charge in [0.05, 0.1) is 12.1 Å². The first-order valence-electron chi connectivity index (χ1n) is 9.09. The summed E-state index contributed by atoms with van der Waals surface area (Å²) in [6, 6.07) is 13.6. The van der Waals surface area contributed by atoms with E-state index in [-0.39, 0.29) is 23.9 Å². The van der Waals surface area contributed by atoms with Crippen LogP contribution in [0.15, 0.2) is 48.7 Å². The Morgan fingerprint density at radius 3 is 2.62 bits per heavy atom. The van der Waals surface area contributed by atoms with E-state index in [2.05, 4.69) is 22.4 Å². The Hall–Kier alpha value is -2.69. The van der Waals surface area contributed by atoms with E-state index in [0.717, 1.165) is 31.4 Å². The van der Waals surface area contributed by atoms with Gasteiger partial charge in [-0.3, -0.25) is 14.6 Å². The molecule has 1 aliphatic rings. The molecule has 2 amide bonds. The van der Waals surface area contributed by atoms with Crippen LogP contribution in [0, 0.1) is 6.92 Å². The summed E-state index contributed by atoms with van der Waals surface area (Å²) in [5.41, 5.74) is 2.59. The minimum absolute atomic E-state index is 0.0435. The molecule has 2 aromatic rings. The van der Waals surface area contributed by atoms with Crippen LogP contribution in [-0.2, 0) is 11.2 Å². The predicted octanol–water partition coefficient (Wildman–Crippen LogP) is 2.74. The van der Waals surface area contributed by atoms with Gasteiger partial charge in [-0.15, -0.1) is 0 Å². The summed E-state index contributed by atoms with van der Waals surface area (Å²) in [4.78, 5) is 30.9. The Bertz CT molecular complexity index is 759. The van der Waals surface area contributed by atoms with Gasteiger partial charge in [-0.1, -0.05) is 36.4 Å². The molecule has 26 heavy (non-hydrogen) atoms. The second-order valence-corrected chi connectivity index (χ2v) is 6.91. The van der Waals surface area contributed by atoms with Crippen molar-refractivity contribution < 1.29 is 9.59 Å². The molecule has 5 nitrogen and oxygen atoms in total. The zero-order chi connectivity index (χ0) is 18.5. The van der Waals surface area contributed by atoms with Crippen LogP contribution in [0.2, 0.25) is 0 Å². The van der Waals surface area contributed by atoms with Gasteiger partial charge in [-0.05, 0) is 43.4 Å². The van der Waals surface area contributed by atoms with Crippen molar-refractivity contribution in [1.29, 1.82) is 0 Å². The molecule has 0 bridgehead atoms. The third-order valence-electron chi connectivity index (χ3n) is 4.93. The Morgan fingerprint density at radius 1 is 1.19 bits per heavy atom. The first kappa shape index (κ1) is 18.1. The van der Waals surface area contributed by atoms with E-state index in [0.29, 0.717) is 5.69 Å². The molecule has 2 atom stereocenters. The number of amides is 2. The largest absolute Gasteiger partial charge is 0.346 e. The number of hydrogen-bond donors (Lipinski definition) is 1. The Balaban J connectivity index is 1.78. The number of aryl methyl sites for hydroxylation is 1. The summed E-state index contributed by atoms with van der Waals surface area (Å²) >= 11 is 0. The van der Waals surface area contributed by atoms with Crippen molar-refractivity contribution in [3.63, 3.8) is 0 Å². The fraction of sp³-hybridized carbons (Fsp3) is 0.381. The monoisotopic (exact) mass is 351 g/mol. The predicted molar refractivity (Wildman–Crippen MR) is 101 cm³/mol. The van der Waals surface area contributed by atoms with E-state index in [1.165, 1.54) is 5.56 Å². The molecular weight excluding hydrogens is 326 g/mol. The summed E-state index contributed by atoms with van der Waals surface area (Å²) in [7, 11) is 0. The third-order valence-corrected chi connectivity index (χ3v) is 4.93. The van der Waals surface area contributed by atoms with Crippen molar-refractivity contribution in [1.82, 2.24) is 15.2 Å². The topological polar surface area (TPSA) is 62.3 Å². The molecule has 0 spiro atoms. The van der Waals surface area contributed by atoms with Crippen molar-refractivity contribution in [3.8, 4) is 0 Å². The summed E-state index contributed by atoms with van der Waals surface area (Å²) in [6.45, 7) is 4.28. The lowest BCUT2D eigenvalue weighted by Crippen LogP contribution is -2.57. The third kappa shape index (κ3) is 4.28. The number of aromatic nitrogens is 1. The van der Waals surface area contributed by atoms with E-state index in [1.54, 1.807) is 19.2 Å². The highest BCUT2D eigenvalue weighted by molar-refractivity contribution is 5.92. The normalized spacial score (nSPS) is 19.8. The summed E-state index contributed by atoms with van der Waals surface area (Å²) < 4.78 is 0. The van der Waals surface area contributed by atoms with Crippen LogP contribution >= 0.6 is 0 Å². The number of likely N-dealkylation sites (tertiary alicyclic amines) is 1. The zero-order valence-corrected chi connectivity index (χ0v) is 15.3. The molecule has 3 rings (SSSR count). The molecular formula is C21H25N3O2. The van der Waals surface area contributed by atoms with Crippen molar-refractivity contribution >= 4 is 11.8 Å². The lowest BCUT2D eigenvalue weighted by Gasteiger charge is -2.41. The van der Waals surface area contributed by atoms with E-state index in [4.69, 9.17) is 0 Å². The number of hydrogen-bond acceptors (Lipinski definition) is 3. The highest BCUT2D eigenvalue weighted by atomic mass is 16.2. The van der Waals surface area contributed by atoms with Crippen molar-refractivity contribution in [2.45, 2.75) is 45.2 Å². The van der Waals surface area contributed by atoms with E-state index in [9.17, 15) is 9.59 Å². The van der Waals surface area contributed by atoms with Gasteiger partial charge >= 0.3 is 0 Å². The first-order valence-corrected chi connectivity index (χ1v) is 9.09. The highest BCUT2D eigenvalue weighted by Gasteiger charge is 2.34. The average molecular weight is 351 g/mol. The lowest BCUT2D eigenvalue weighted by atomic mass is 9.90. The number of rotatable bonds is 4. The molecule has 0 saturated carbocycles. The molecule has 1 N–H and O–H groups in total. The smallest absolute Gasteiger partial charge is 0.270 e. The van der Waals surface area contributed by atoms with E-state index < -0.39 is 0 Å². The van der Waals surface area contributed by atoms with Gasteiger partial charge in [0.2, 0.25) is 5.91 Å². The van der Waals surface area contributed by atoms with Crippen molar-refractivity contribution in [3.05, 3.63) is 65.5 Å². The fourth-order valence-electron chi connectivity index (χ4n) is 3.57. The number of piperidine rings is 1. The Labute approximate surface area is 154 Å². The number of nitrogens with zero attached hydrogens (tertiary/aromatic N) is 2. The second-order valence-electron chi connectivity index (χ2n) is 6.91. The minimum Gasteiger partial charge on any atom is -0.346 e. The number of carbonyl (C=O) groups excluding carboxylic acids is 2. The molecule has 1 fully saturated rings. The van der Waals surface area contributed by atoms with Gasteiger partial charge in [0, 0.05) is 19.7 Å². The molecule has 0 unspecified atom stereocenters. The number of benzene rings is 1. The fourth-order valence-corrected chi connectivity index (χ4v) is 3.57. The molecule has 2 heterocycles. The number of nitrogens with one attached hydrogen (secondary N) is 1. The van der Waals surface area contributed by atoms with Crippen molar-refractivity contribution in [2.75, 3.05) is 6.54 Å². The minimum atomic E-state index is -0.182. The van der Waals surface area contributed by atoms with Gasteiger partial charge < -0.3 is 10.2 Å². The van der Waals surface area contributed by atoms with Crippen LogP contribution in [0.25, 0.3) is 0 Å². The van der Waals surface area contributed by atoms with E-state index >= 15 is 0 Å². The van der Waals surface area contributed by atoms with Gasteiger partial charge in [0.15, 0.2) is 0 Å². The van der Waals surface area contributed by atoms with Gasteiger partial charge in [0.25, 0.3) is 5.91 Å². The van der Waals surface area contributed by atoms with Crippen LogP contribution in [0.5, 0.6) is 0 Å². The van der Waals surface area contributed by atoms with Crippen molar-refractivity contribution in [2.24, 2.45) is 0 Å². The second kappa shape index (κ2) is 8.13. The maximum absolute atomic E-state index is 12.6. The Kier molecular flexibility index (Phi) is 5.66. The molecule has 0 radical (unpaired) electrons. The van der Waals surface area contributed by atoms with Gasteiger partial charge in [-0.2, -0.15) is 0 Å². The quantitative estimate of drug-likeness (QED) is 0.921. The summed E-state index contributed by atoms with van der Waals surface area (Å²) in [5, 5.41) is 3.11. The lowest BCUT2D eigenvalue weighted by molar-refractivity contribution is -0.133. The number of carbonyl (C=O) groups is 2.